The van der Waals surface area contributed by atoms with Gasteiger partial charge in [-0.3, -0.25) is 9.48 Å². The minimum atomic E-state index is -0.136. The van der Waals surface area contributed by atoms with Gasteiger partial charge in [-0.25, -0.2) is 15.0 Å². The molecule has 0 atom stereocenters. The number of benzene rings is 1. The van der Waals surface area contributed by atoms with Crippen LogP contribution in [0.15, 0.2) is 60.1 Å². The highest BCUT2D eigenvalue weighted by molar-refractivity contribution is 8.00. The van der Waals surface area contributed by atoms with Crippen molar-refractivity contribution >= 4 is 45.1 Å². The second kappa shape index (κ2) is 9.25. The van der Waals surface area contributed by atoms with Gasteiger partial charge in [-0.2, -0.15) is 5.10 Å². The number of hydrogen-bond donors (Lipinski definition) is 2. The number of methoxy groups -OCH3 is 1. The maximum absolute atomic E-state index is 12.7. The first-order valence-electron chi connectivity index (χ1n) is 11.2. The molecule has 0 unspecified atom stereocenters. The number of aromatic nitrogens is 5. The monoisotopic (exact) mass is 515 g/mol. The van der Waals surface area contributed by atoms with Gasteiger partial charge in [-0.05, 0) is 48.7 Å². The van der Waals surface area contributed by atoms with Crippen molar-refractivity contribution in [2.75, 3.05) is 18.4 Å². The SMILES string of the molecule is COc1ncc2cc1NSc1cccc(c1)C(=O)NCCn1cc(cn1)-c1ncnc3c(C)c-2sc13. The fraction of sp³-hybridized carbons (Fsp3) is 0.160. The maximum atomic E-state index is 12.7. The lowest BCUT2D eigenvalue weighted by molar-refractivity contribution is 0.0951. The molecule has 180 valence electrons. The van der Waals surface area contributed by atoms with E-state index in [1.54, 1.807) is 37.0 Å². The number of hydrogen-bond acceptors (Lipinski definition) is 9. The summed E-state index contributed by atoms with van der Waals surface area (Å²) in [5, 5.41) is 7.46. The zero-order valence-electron chi connectivity index (χ0n) is 19.5. The highest BCUT2D eigenvalue weighted by Gasteiger charge is 2.19. The van der Waals surface area contributed by atoms with Gasteiger partial charge >= 0.3 is 0 Å². The topological polar surface area (TPSA) is 107 Å². The first-order chi connectivity index (χ1) is 17.6. The Morgan fingerprint density at radius 1 is 1.08 bits per heavy atom. The van der Waals surface area contributed by atoms with Gasteiger partial charge in [0.15, 0.2) is 0 Å². The van der Waals surface area contributed by atoms with E-state index in [2.05, 4.69) is 37.0 Å². The Morgan fingerprint density at radius 3 is 2.89 bits per heavy atom. The van der Waals surface area contributed by atoms with E-state index in [-0.39, 0.29) is 5.91 Å². The van der Waals surface area contributed by atoms with E-state index in [9.17, 15) is 4.79 Å². The Labute approximate surface area is 215 Å². The zero-order chi connectivity index (χ0) is 24.6. The molecular formula is C25H21N7O2S2. The van der Waals surface area contributed by atoms with Crippen LogP contribution in [0.4, 0.5) is 5.69 Å². The molecule has 1 aliphatic rings. The number of amides is 1. The molecule has 0 saturated heterocycles. The summed E-state index contributed by atoms with van der Waals surface area (Å²) in [7, 11) is 1.59. The van der Waals surface area contributed by atoms with Crippen LogP contribution in [0.25, 0.3) is 31.9 Å². The maximum Gasteiger partial charge on any atom is 0.251 e. The average Bonchev–Trinajstić information content (AvgIpc) is 3.51. The van der Waals surface area contributed by atoms with Crippen molar-refractivity contribution in [2.45, 2.75) is 18.4 Å². The molecule has 0 fully saturated rings. The van der Waals surface area contributed by atoms with Crippen LogP contribution in [-0.4, -0.2) is 44.3 Å². The van der Waals surface area contributed by atoms with E-state index in [1.807, 2.05) is 41.3 Å². The molecule has 6 rings (SSSR count). The van der Waals surface area contributed by atoms with E-state index in [1.165, 1.54) is 11.9 Å². The number of carbonyl (C=O) groups excluding carboxylic acids is 1. The molecular weight excluding hydrogens is 494 g/mol. The van der Waals surface area contributed by atoms with Crippen molar-refractivity contribution in [3.63, 3.8) is 0 Å². The van der Waals surface area contributed by atoms with E-state index < -0.39 is 0 Å². The first-order valence-corrected chi connectivity index (χ1v) is 12.9. The molecule has 5 aromatic rings. The second-order valence-corrected chi connectivity index (χ2v) is 10.1. The molecule has 2 N–H and O–H groups in total. The summed E-state index contributed by atoms with van der Waals surface area (Å²) < 4.78 is 11.7. The van der Waals surface area contributed by atoms with Gasteiger partial charge in [-0.1, -0.05) is 6.07 Å². The molecule has 1 amide bonds. The summed E-state index contributed by atoms with van der Waals surface area (Å²) in [6, 6.07) is 9.49. The summed E-state index contributed by atoms with van der Waals surface area (Å²) >= 11 is 3.03. The van der Waals surface area contributed by atoms with Crippen LogP contribution in [0.1, 0.15) is 15.9 Å². The fourth-order valence-corrected chi connectivity index (χ4v) is 6.09. The van der Waals surface area contributed by atoms with E-state index >= 15 is 0 Å². The lowest BCUT2D eigenvalue weighted by atomic mass is 10.1. The van der Waals surface area contributed by atoms with Crippen LogP contribution in [0.2, 0.25) is 0 Å². The lowest BCUT2D eigenvalue weighted by Crippen LogP contribution is -2.27. The predicted molar refractivity (Wildman–Crippen MR) is 141 cm³/mol. The highest BCUT2D eigenvalue weighted by Crippen LogP contribution is 2.42. The lowest BCUT2D eigenvalue weighted by Gasteiger charge is -2.12. The third-order valence-corrected chi connectivity index (χ3v) is 8.07. The summed E-state index contributed by atoms with van der Waals surface area (Å²) in [5.41, 5.74) is 5.99. The van der Waals surface area contributed by atoms with Gasteiger partial charge in [0.25, 0.3) is 5.91 Å². The van der Waals surface area contributed by atoms with Gasteiger partial charge < -0.3 is 14.8 Å². The molecule has 4 aromatic heterocycles. The van der Waals surface area contributed by atoms with Crippen molar-refractivity contribution in [2.24, 2.45) is 0 Å². The van der Waals surface area contributed by atoms with Gasteiger partial charge in [-0.15, -0.1) is 11.3 Å². The number of rotatable bonds is 1. The summed E-state index contributed by atoms with van der Waals surface area (Å²) in [6.07, 6.45) is 7.15. The third kappa shape index (κ3) is 4.06. The summed E-state index contributed by atoms with van der Waals surface area (Å²) in [4.78, 5) is 28.4. The largest absolute Gasteiger partial charge is 0.480 e. The van der Waals surface area contributed by atoms with Crippen LogP contribution < -0.4 is 14.8 Å². The molecule has 8 bridgehead atoms. The Morgan fingerprint density at radius 2 is 2.00 bits per heavy atom. The third-order valence-electron chi connectivity index (χ3n) is 5.92. The standard InChI is InChI=1S/C25H21N7O2S2/c1-14-20-23-21(29-13-28-20)17-11-30-32(12-17)7-6-26-24(33)15-4-3-5-18(8-15)36-31-19-9-16(22(14)35-23)10-27-25(19)34-2/h3-5,8-13,31H,6-7H2,1-2H3,(H,26,33). The number of pyridine rings is 1. The molecule has 11 heteroatoms. The van der Waals surface area contributed by atoms with Gasteiger partial charge in [0.1, 0.15) is 12.0 Å². The van der Waals surface area contributed by atoms with Gasteiger partial charge in [0.2, 0.25) is 5.88 Å². The quantitative estimate of drug-likeness (QED) is 0.307. The van der Waals surface area contributed by atoms with Crippen molar-refractivity contribution in [1.29, 1.82) is 0 Å². The number of thiophene rings is 1. The second-order valence-electron chi connectivity index (χ2n) is 8.22. The molecule has 0 spiro atoms. The number of carbonyl (C=O) groups is 1. The van der Waals surface area contributed by atoms with Crippen molar-refractivity contribution in [3.8, 4) is 27.6 Å². The summed E-state index contributed by atoms with van der Waals surface area (Å²) in [5.74, 6) is 0.348. The normalized spacial score (nSPS) is 13.4. The van der Waals surface area contributed by atoms with E-state index in [0.717, 1.165) is 48.1 Å². The Balaban J connectivity index is 1.50. The first kappa shape index (κ1) is 22.5. The number of anilines is 1. The van der Waals surface area contributed by atoms with Crippen LogP contribution in [0.3, 0.4) is 0 Å². The zero-order valence-corrected chi connectivity index (χ0v) is 21.1. The molecule has 5 heterocycles. The van der Waals surface area contributed by atoms with Crippen LogP contribution in [0.5, 0.6) is 5.88 Å². The number of nitrogens with one attached hydrogen (secondary N) is 2. The predicted octanol–water partition coefficient (Wildman–Crippen LogP) is 4.80. The minimum Gasteiger partial charge on any atom is -0.480 e. The molecule has 0 radical (unpaired) electrons. The van der Waals surface area contributed by atoms with Crippen LogP contribution in [0, 0.1) is 6.92 Å². The molecule has 1 aliphatic heterocycles. The van der Waals surface area contributed by atoms with Crippen molar-refractivity contribution in [1.82, 2.24) is 30.0 Å². The highest BCUT2D eigenvalue weighted by atomic mass is 32.2. The Kier molecular flexibility index (Phi) is 5.78. The number of fused-ring (bicyclic) bond motifs is 9. The molecule has 0 aliphatic carbocycles. The number of nitrogens with zero attached hydrogens (tertiary/aromatic N) is 5. The van der Waals surface area contributed by atoms with E-state index in [4.69, 9.17) is 4.74 Å². The molecule has 0 saturated carbocycles. The average molecular weight is 516 g/mol. The minimum absolute atomic E-state index is 0.136. The van der Waals surface area contributed by atoms with Gasteiger partial charge in [0, 0.05) is 45.4 Å². The van der Waals surface area contributed by atoms with Crippen LogP contribution >= 0.6 is 23.3 Å². The molecule has 1 aromatic carbocycles. The van der Waals surface area contributed by atoms with Crippen molar-refractivity contribution < 1.29 is 9.53 Å². The van der Waals surface area contributed by atoms with Crippen molar-refractivity contribution in [3.05, 3.63) is 66.4 Å². The van der Waals surface area contributed by atoms with E-state index in [0.29, 0.717) is 24.5 Å². The van der Waals surface area contributed by atoms with Gasteiger partial charge in [0.05, 0.1) is 35.8 Å². The fourth-order valence-electron chi connectivity index (χ4n) is 4.13. The number of ether oxygens (including phenoxy) is 1. The smallest absolute Gasteiger partial charge is 0.251 e. The summed E-state index contributed by atoms with van der Waals surface area (Å²) in [6.45, 7) is 3.06. The Hall–Kier alpha value is -3.96. The van der Waals surface area contributed by atoms with Crippen LogP contribution in [-0.2, 0) is 6.54 Å². The molecule has 36 heavy (non-hydrogen) atoms. The Bertz CT molecular complexity index is 1610. The molecule has 9 nitrogen and oxygen atoms in total. The number of aryl methyl sites for hydroxylation is 1.